The van der Waals surface area contributed by atoms with Gasteiger partial charge in [-0.2, -0.15) is 0 Å². The van der Waals surface area contributed by atoms with E-state index in [9.17, 15) is 5.11 Å². The highest BCUT2D eigenvalue weighted by molar-refractivity contribution is 4.92. The Morgan fingerprint density at radius 3 is 2.25 bits per heavy atom. The van der Waals surface area contributed by atoms with Gasteiger partial charge in [0.25, 0.3) is 0 Å². The first-order valence-corrected chi connectivity index (χ1v) is 3.07. The monoisotopic (exact) mass is 116 g/mol. The van der Waals surface area contributed by atoms with Crippen LogP contribution in [0.4, 0.5) is 0 Å². The average Bonchev–Trinajstić information content (AvgIpc) is 1.63. The van der Waals surface area contributed by atoms with E-state index in [4.69, 9.17) is 5.11 Å². The molecule has 1 aliphatic carbocycles. The van der Waals surface area contributed by atoms with E-state index in [1.54, 1.807) is 0 Å². The third kappa shape index (κ3) is 0.858. The lowest BCUT2D eigenvalue weighted by Gasteiger charge is -2.39. The van der Waals surface area contributed by atoms with Crippen LogP contribution < -0.4 is 0 Å². The van der Waals surface area contributed by atoms with E-state index in [-0.39, 0.29) is 6.10 Å². The summed E-state index contributed by atoms with van der Waals surface area (Å²) in [6, 6.07) is 0. The van der Waals surface area contributed by atoms with Crippen LogP contribution in [-0.2, 0) is 0 Å². The molecule has 0 unspecified atom stereocenters. The minimum atomic E-state index is -0.514. The molecule has 0 aromatic heterocycles. The standard InChI is InChI=1S/C6H12O2/c1-2-6(8)3-5(7)4-6/h5,7-8H,2-4H2,1H3. The van der Waals surface area contributed by atoms with Crippen LogP contribution in [0.2, 0.25) is 0 Å². The Morgan fingerprint density at radius 2 is 2.12 bits per heavy atom. The average molecular weight is 116 g/mol. The largest absolute Gasteiger partial charge is 0.393 e. The zero-order valence-electron chi connectivity index (χ0n) is 5.09. The van der Waals surface area contributed by atoms with Crippen molar-refractivity contribution in [1.29, 1.82) is 0 Å². The molecule has 0 aliphatic heterocycles. The number of rotatable bonds is 1. The van der Waals surface area contributed by atoms with Gasteiger partial charge in [-0.25, -0.2) is 0 Å². The molecular formula is C6H12O2. The molecule has 2 nitrogen and oxygen atoms in total. The van der Waals surface area contributed by atoms with E-state index in [1.165, 1.54) is 0 Å². The van der Waals surface area contributed by atoms with Crippen LogP contribution in [0.5, 0.6) is 0 Å². The molecular weight excluding hydrogens is 104 g/mol. The fourth-order valence-electron chi connectivity index (χ4n) is 1.11. The normalized spacial score (nSPS) is 46.1. The first-order valence-electron chi connectivity index (χ1n) is 3.07. The predicted molar refractivity (Wildman–Crippen MR) is 30.5 cm³/mol. The van der Waals surface area contributed by atoms with Crippen LogP contribution in [0.3, 0.4) is 0 Å². The summed E-state index contributed by atoms with van der Waals surface area (Å²) in [4.78, 5) is 0. The molecule has 1 aliphatic rings. The molecule has 0 aromatic carbocycles. The van der Waals surface area contributed by atoms with Crippen molar-refractivity contribution in [3.63, 3.8) is 0 Å². The molecule has 0 heterocycles. The van der Waals surface area contributed by atoms with Crippen LogP contribution >= 0.6 is 0 Å². The van der Waals surface area contributed by atoms with E-state index >= 15 is 0 Å². The van der Waals surface area contributed by atoms with Crippen molar-refractivity contribution in [3.8, 4) is 0 Å². The number of hydrogen-bond acceptors (Lipinski definition) is 2. The van der Waals surface area contributed by atoms with Crippen molar-refractivity contribution in [3.05, 3.63) is 0 Å². The summed E-state index contributed by atoms with van der Waals surface area (Å²) in [6.07, 6.45) is 1.68. The Labute approximate surface area is 49.1 Å². The van der Waals surface area contributed by atoms with Gasteiger partial charge in [0.1, 0.15) is 0 Å². The molecule has 0 spiro atoms. The lowest BCUT2D eigenvalue weighted by molar-refractivity contribution is -0.114. The molecule has 0 amide bonds. The zero-order valence-corrected chi connectivity index (χ0v) is 5.09. The summed E-state index contributed by atoms with van der Waals surface area (Å²) in [5.41, 5.74) is -0.514. The molecule has 0 atom stereocenters. The first-order chi connectivity index (χ1) is 3.66. The Morgan fingerprint density at radius 1 is 1.62 bits per heavy atom. The molecule has 1 rings (SSSR count). The van der Waals surface area contributed by atoms with E-state index in [2.05, 4.69) is 0 Å². The van der Waals surface area contributed by atoms with Crippen LogP contribution in [0.25, 0.3) is 0 Å². The van der Waals surface area contributed by atoms with E-state index < -0.39 is 5.60 Å². The summed E-state index contributed by atoms with van der Waals surface area (Å²) in [7, 11) is 0. The second-order valence-electron chi connectivity index (χ2n) is 2.64. The Kier molecular flexibility index (Phi) is 1.29. The van der Waals surface area contributed by atoms with Gasteiger partial charge in [0, 0.05) is 12.8 Å². The summed E-state index contributed by atoms with van der Waals surface area (Å²) in [5.74, 6) is 0. The highest BCUT2D eigenvalue weighted by Crippen LogP contribution is 2.34. The van der Waals surface area contributed by atoms with E-state index in [0.29, 0.717) is 12.8 Å². The first kappa shape index (κ1) is 6.05. The summed E-state index contributed by atoms with van der Waals surface area (Å²) in [6.45, 7) is 1.94. The zero-order chi connectivity index (χ0) is 6.20. The third-order valence-electron chi connectivity index (χ3n) is 1.89. The van der Waals surface area contributed by atoms with Gasteiger partial charge in [0.15, 0.2) is 0 Å². The van der Waals surface area contributed by atoms with Crippen LogP contribution in [0.1, 0.15) is 26.2 Å². The van der Waals surface area contributed by atoms with Gasteiger partial charge in [-0.15, -0.1) is 0 Å². The van der Waals surface area contributed by atoms with Gasteiger partial charge in [0.05, 0.1) is 11.7 Å². The van der Waals surface area contributed by atoms with Gasteiger partial charge < -0.3 is 10.2 Å². The summed E-state index contributed by atoms with van der Waals surface area (Å²) < 4.78 is 0. The highest BCUT2D eigenvalue weighted by atomic mass is 16.3. The van der Waals surface area contributed by atoms with Gasteiger partial charge >= 0.3 is 0 Å². The quantitative estimate of drug-likeness (QED) is 0.516. The van der Waals surface area contributed by atoms with E-state index in [1.807, 2.05) is 6.92 Å². The lowest BCUT2D eigenvalue weighted by atomic mass is 9.76. The second kappa shape index (κ2) is 1.71. The maximum atomic E-state index is 9.23. The van der Waals surface area contributed by atoms with Gasteiger partial charge in [-0.1, -0.05) is 6.92 Å². The minimum absolute atomic E-state index is 0.236. The molecule has 8 heavy (non-hydrogen) atoms. The molecule has 0 aromatic rings. The van der Waals surface area contributed by atoms with Crippen molar-refractivity contribution in [2.24, 2.45) is 0 Å². The van der Waals surface area contributed by atoms with Gasteiger partial charge in [-0.05, 0) is 6.42 Å². The molecule has 1 saturated carbocycles. The highest BCUT2D eigenvalue weighted by Gasteiger charge is 2.39. The number of aliphatic hydroxyl groups excluding tert-OH is 1. The topological polar surface area (TPSA) is 40.5 Å². The Balaban J connectivity index is 2.30. The fourth-order valence-corrected chi connectivity index (χ4v) is 1.11. The number of hydrogen-bond donors (Lipinski definition) is 2. The fraction of sp³-hybridized carbons (Fsp3) is 1.00. The van der Waals surface area contributed by atoms with Crippen LogP contribution in [0, 0.1) is 0 Å². The third-order valence-corrected chi connectivity index (χ3v) is 1.89. The van der Waals surface area contributed by atoms with Crippen LogP contribution in [-0.4, -0.2) is 21.9 Å². The second-order valence-corrected chi connectivity index (χ2v) is 2.64. The Bertz CT molecular complexity index is 84.5. The Hall–Kier alpha value is -0.0800. The molecule has 2 N–H and O–H groups in total. The van der Waals surface area contributed by atoms with Gasteiger partial charge in [0.2, 0.25) is 0 Å². The predicted octanol–water partition coefficient (Wildman–Crippen LogP) is 0.282. The molecule has 0 radical (unpaired) electrons. The maximum absolute atomic E-state index is 9.23. The summed E-state index contributed by atoms with van der Waals surface area (Å²) >= 11 is 0. The number of aliphatic hydroxyl groups is 2. The minimum Gasteiger partial charge on any atom is -0.393 e. The molecule has 48 valence electrons. The molecule has 2 heteroatoms. The van der Waals surface area contributed by atoms with Crippen molar-refractivity contribution < 1.29 is 10.2 Å². The maximum Gasteiger partial charge on any atom is 0.0694 e. The van der Waals surface area contributed by atoms with Crippen molar-refractivity contribution in [2.45, 2.75) is 37.9 Å². The van der Waals surface area contributed by atoms with Crippen molar-refractivity contribution >= 4 is 0 Å². The molecule has 0 bridgehead atoms. The summed E-state index contributed by atoms with van der Waals surface area (Å²) in [5, 5.41) is 18.0. The van der Waals surface area contributed by atoms with Crippen molar-refractivity contribution in [1.82, 2.24) is 0 Å². The van der Waals surface area contributed by atoms with Crippen LogP contribution in [0.15, 0.2) is 0 Å². The van der Waals surface area contributed by atoms with Crippen molar-refractivity contribution in [2.75, 3.05) is 0 Å². The van der Waals surface area contributed by atoms with Gasteiger partial charge in [-0.3, -0.25) is 0 Å². The smallest absolute Gasteiger partial charge is 0.0694 e. The SMILES string of the molecule is CCC1(O)CC(O)C1. The molecule has 0 saturated heterocycles. The van der Waals surface area contributed by atoms with E-state index in [0.717, 1.165) is 6.42 Å². The lowest BCUT2D eigenvalue weighted by Crippen LogP contribution is -2.46. The molecule has 1 fully saturated rings.